The third kappa shape index (κ3) is 3.27. The number of hydrogen-bond donors (Lipinski definition) is 1. The maximum atomic E-state index is 12.3. The quantitative estimate of drug-likeness (QED) is 0.816. The molecule has 1 aromatic heterocycles. The molecule has 0 fully saturated rings. The number of aromatic nitrogens is 2. The van der Waals surface area contributed by atoms with E-state index < -0.39 is 10.0 Å². The second-order valence-corrected chi connectivity index (χ2v) is 6.94. The predicted molar refractivity (Wildman–Crippen MR) is 82.6 cm³/mol. The Hall–Kier alpha value is -1.09. The third-order valence-electron chi connectivity index (χ3n) is 2.61. The van der Waals surface area contributed by atoms with Crippen LogP contribution in [0.1, 0.15) is 12.6 Å². The molecule has 5 nitrogen and oxygen atoms in total. The van der Waals surface area contributed by atoms with Gasteiger partial charge in [0.05, 0.1) is 5.69 Å². The average molecular weight is 391 g/mol. The highest BCUT2D eigenvalue weighted by Crippen LogP contribution is 2.19. The van der Waals surface area contributed by atoms with Gasteiger partial charge in [-0.05, 0) is 60.7 Å². The minimum atomic E-state index is -3.58. The Kier molecular flexibility index (Phi) is 4.14. The van der Waals surface area contributed by atoms with Gasteiger partial charge in [-0.1, -0.05) is 0 Å². The summed E-state index contributed by atoms with van der Waals surface area (Å²) in [4.78, 5) is 0.216. The van der Waals surface area contributed by atoms with E-state index >= 15 is 0 Å². The van der Waals surface area contributed by atoms with Crippen LogP contribution in [-0.4, -0.2) is 18.2 Å². The predicted octanol–water partition coefficient (Wildman–Crippen LogP) is 2.62. The van der Waals surface area contributed by atoms with Gasteiger partial charge in [0.2, 0.25) is 0 Å². The van der Waals surface area contributed by atoms with Gasteiger partial charge >= 0.3 is 0 Å². The third-order valence-corrected chi connectivity index (χ3v) is 4.81. The second kappa shape index (κ2) is 5.49. The van der Waals surface area contributed by atoms with Gasteiger partial charge in [0.25, 0.3) is 10.0 Å². The van der Waals surface area contributed by atoms with Crippen molar-refractivity contribution in [2.24, 2.45) is 0 Å². The van der Waals surface area contributed by atoms with Crippen molar-refractivity contribution in [1.29, 1.82) is 0 Å². The van der Waals surface area contributed by atoms with E-state index in [1.54, 1.807) is 29.9 Å². The van der Waals surface area contributed by atoms with E-state index in [0.29, 0.717) is 17.9 Å². The Morgan fingerprint density at radius 2 is 1.95 bits per heavy atom. The Labute approximate surface area is 126 Å². The molecule has 19 heavy (non-hydrogen) atoms. The Morgan fingerprint density at radius 3 is 2.47 bits per heavy atom. The molecule has 1 heterocycles. The van der Waals surface area contributed by atoms with Gasteiger partial charge in [0.1, 0.15) is 4.90 Å². The van der Waals surface area contributed by atoms with Gasteiger partial charge in [-0.3, -0.25) is 9.40 Å². The van der Waals surface area contributed by atoms with Crippen LogP contribution in [-0.2, 0) is 16.6 Å². The first-order valence-electron chi connectivity index (χ1n) is 5.75. The van der Waals surface area contributed by atoms with Crippen molar-refractivity contribution in [2.45, 2.75) is 25.3 Å². The molecule has 0 amide bonds. The van der Waals surface area contributed by atoms with E-state index in [1.807, 2.05) is 19.1 Å². The number of anilines is 1. The molecule has 0 unspecified atom stereocenters. The highest BCUT2D eigenvalue weighted by atomic mass is 127. The molecular formula is C12H14IN3O2S. The lowest BCUT2D eigenvalue weighted by atomic mass is 10.3. The number of rotatable bonds is 4. The Morgan fingerprint density at radius 1 is 1.32 bits per heavy atom. The normalized spacial score (nSPS) is 11.5. The highest BCUT2D eigenvalue weighted by Gasteiger charge is 2.20. The van der Waals surface area contributed by atoms with Crippen molar-refractivity contribution in [3.63, 3.8) is 0 Å². The second-order valence-electron chi connectivity index (χ2n) is 4.05. The number of nitrogens with one attached hydrogen (secondary N) is 1. The fraction of sp³-hybridized carbons (Fsp3) is 0.250. The first kappa shape index (κ1) is 14.3. The van der Waals surface area contributed by atoms with Crippen molar-refractivity contribution in [3.05, 3.63) is 39.7 Å². The van der Waals surface area contributed by atoms with Crippen LogP contribution in [0.15, 0.2) is 35.4 Å². The first-order valence-corrected chi connectivity index (χ1v) is 8.31. The SMILES string of the molecule is CCn1cc(S(=O)(=O)Nc2ccc(I)cc2)c(C)n1. The zero-order chi connectivity index (χ0) is 14.0. The summed E-state index contributed by atoms with van der Waals surface area (Å²) < 4.78 is 29.8. The van der Waals surface area contributed by atoms with Crippen LogP contribution in [0.3, 0.4) is 0 Å². The fourth-order valence-corrected chi connectivity index (χ4v) is 3.26. The minimum absolute atomic E-state index is 0.216. The molecule has 0 spiro atoms. The molecule has 1 aromatic carbocycles. The number of hydrogen-bond acceptors (Lipinski definition) is 3. The average Bonchev–Trinajstić information content (AvgIpc) is 2.74. The molecule has 2 aromatic rings. The van der Waals surface area contributed by atoms with Crippen molar-refractivity contribution < 1.29 is 8.42 Å². The topological polar surface area (TPSA) is 64.0 Å². The van der Waals surface area contributed by atoms with Crippen molar-refractivity contribution in [3.8, 4) is 0 Å². The Balaban J connectivity index is 2.31. The molecule has 0 atom stereocenters. The van der Waals surface area contributed by atoms with E-state index in [1.165, 1.54) is 0 Å². The van der Waals surface area contributed by atoms with E-state index in [9.17, 15) is 8.42 Å². The number of nitrogens with zero attached hydrogens (tertiary/aromatic N) is 2. The summed E-state index contributed by atoms with van der Waals surface area (Å²) in [5.74, 6) is 0. The van der Waals surface area contributed by atoms with Gasteiger partial charge in [0, 0.05) is 22.0 Å². The summed E-state index contributed by atoms with van der Waals surface area (Å²) in [6.07, 6.45) is 1.55. The molecule has 0 saturated heterocycles. The van der Waals surface area contributed by atoms with Gasteiger partial charge in [0.15, 0.2) is 0 Å². The molecule has 2 rings (SSSR count). The minimum Gasteiger partial charge on any atom is -0.280 e. The molecule has 0 aliphatic rings. The van der Waals surface area contributed by atoms with E-state index in [0.717, 1.165) is 3.57 Å². The molecule has 0 aliphatic carbocycles. The molecule has 0 aliphatic heterocycles. The zero-order valence-electron chi connectivity index (χ0n) is 10.6. The van der Waals surface area contributed by atoms with Crippen LogP contribution >= 0.6 is 22.6 Å². The molecule has 7 heteroatoms. The van der Waals surface area contributed by atoms with Gasteiger partial charge in [-0.2, -0.15) is 5.10 Å². The smallest absolute Gasteiger partial charge is 0.265 e. The zero-order valence-corrected chi connectivity index (χ0v) is 13.6. The van der Waals surface area contributed by atoms with E-state index in [4.69, 9.17) is 0 Å². The van der Waals surface area contributed by atoms with Crippen LogP contribution < -0.4 is 4.72 Å². The number of halogens is 1. The highest BCUT2D eigenvalue weighted by molar-refractivity contribution is 14.1. The van der Waals surface area contributed by atoms with Gasteiger partial charge in [-0.25, -0.2) is 8.42 Å². The molecule has 0 saturated carbocycles. The van der Waals surface area contributed by atoms with E-state index in [2.05, 4.69) is 32.4 Å². The van der Waals surface area contributed by atoms with Crippen molar-refractivity contribution in [2.75, 3.05) is 4.72 Å². The summed E-state index contributed by atoms with van der Waals surface area (Å²) >= 11 is 2.17. The van der Waals surface area contributed by atoms with Crippen molar-refractivity contribution in [1.82, 2.24) is 9.78 Å². The lowest BCUT2D eigenvalue weighted by Crippen LogP contribution is -2.13. The first-order chi connectivity index (χ1) is 8.92. The van der Waals surface area contributed by atoms with Crippen LogP contribution in [0.4, 0.5) is 5.69 Å². The summed E-state index contributed by atoms with van der Waals surface area (Å²) in [5, 5.41) is 4.15. The van der Waals surface area contributed by atoms with Crippen LogP contribution in [0.5, 0.6) is 0 Å². The lowest BCUT2D eigenvalue weighted by molar-refractivity contribution is 0.600. The number of aryl methyl sites for hydroxylation is 2. The Bertz CT molecular complexity index is 678. The number of benzene rings is 1. The van der Waals surface area contributed by atoms with Gasteiger partial charge in [-0.15, -0.1) is 0 Å². The molecule has 1 N–H and O–H groups in total. The maximum absolute atomic E-state index is 12.3. The molecule has 0 radical (unpaired) electrons. The molecular weight excluding hydrogens is 377 g/mol. The van der Waals surface area contributed by atoms with Crippen molar-refractivity contribution >= 4 is 38.3 Å². The summed E-state index contributed by atoms with van der Waals surface area (Å²) in [6.45, 7) is 4.24. The summed E-state index contributed by atoms with van der Waals surface area (Å²) in [7, 11) is -3.58. The fourth-order valence-electron chi connectivity index (χ4n) is 1.65. The van der Waals surface area contributed by atoms with Crippen LogP contribution in [0.2, 0.25) is 0 Å². The summed E-state index contributed by atoms with van der Waals surface area (Å²) in [6, 6.07) is 7.17. The maximum Gasteiger partial charge on any atom is 0.265 e. The lowest BCUT2D eigenvalue weighted by Gasteiger charge is -2.06. The largest absolute Gasteiger partial charge is 0.280 e. The molecule has 0 bridgehead atoms. The monoisotopic (exact) mass is 391 g/mol. The summed E-state index contributed by atoms with van der Waals surface area (Å²) in [5.41, 5.74) is 1.05. The molecule has 102 valence electrons. The number of sulfonamides is 1. The standard InChI is InChI=1S/C12H14IN3O2S/c1-3-16-8-12(9(2)14-16)19(17,18)15-11-6-4-10(13)5-7-11/h4-8,15H,3H2,1-2H3. The van der Waals surface area contributed by atoms with Crippen LogP contribution in [0, 0.1) is 10.5 Å². The van der Waals surface area contributed by atoms with E-state index in [-0.39, 0.29) is 4.90 Å². The van der Waals surface area contributed by atoms with Gasteiger partial charge < -0.3 is 0 Å². The van der Waals surface area contributed by atoms with Crippen LogP contribution in [0.25, 0.3) is 0 Å².